The summed E-state index contributed by atoms with van der Waals surface area (Å²) in [4.78, 5) is 20.1. The van der Waals surface area contributed by atoms with Crippen molar-refractivity contribution in [2.75, 3.05) is 6.54 Å². The number of nitrogens with zero attached hydrogens (tertiary/aromatic N) is 3. The molecule has 3 heterocycles. The van der Waals surface area contributed by atoms with Crippen LogP contribution in [0.4, 0.5) is 0 Å². The first-order valence-corrected chi connectivity index (χ1v) is 8.65. The highest BCUT2D eigenvalue weighted by molar-refractivity contribution is 5.93. The Bertz CT molecular complexity index is 918. The number of nitrogens with one attached hydrogen (secondary N) is 1. The van der Waals surface area contributed by atoms with Gasteiger partial charge in [0.2, 0.25) is 0 Å². The van der Waals surface area contributed by atoms with E-state index in [-0.39, 0.29) is 5.97 Å². The van der Waals surface area contributed by atoms with Gasteiger partial charge >= 0.3 is 5.97 Å². The number of carbonyl (C=O) groups is 1. The number of ether oxygens (including phenoxy) is 1. The largest absolute Gasteiger partial charge is 0.457 e. The number of cyclic esters (lactones) is 1. The van der Waals surface area contributed by atoms with Gasteiger partial charge in [-0.05, 0) is 48.7 Å². The van der Waals surface area contributed by atoms with Crippen LogP contribution in [-0.2, 0) is 24.3 Å². The number of benzene rings is 1. The van der Waals surface area contributed by atoms with Crippen molar-refractivity contribution in [1.29, 1.82) is 0 Å². The average Bonchev–Trinajstić information content (AvgIpc) is 3.32. The number of fused-ring (bicyclic) bond motifs is 1. The molecule has 3 aromatic rings. The van der Waals surface area contributed by atoms with E-state index in [4.69, 9.17) is 4.74 Å². The maximum absolute atomic E-state index is 11.6. The Morgan fingerprint density at radius 2 is 2.19 bits per heavy atom. The van der Waals surface area contributed by atoms with Crippen molar-refractivity contribution >= 4 is 5.97 Å². The van der Waals surface area contributed by atoms with Gasteiger partial charge in [-0.15, -0.1) is 0 Å². The van der Waals surface area contributed by atoms with Crippen LogP contribution in [0.3, 0.4) is 0 Å². The lowest BCUT2D eigenvalue weighted by atomic mass is 9.97. The van der Waals surface area contributed by atoms with Crippen molar-refractivity contribution in [2.24, 2.45) is 0 Å². The van der Waals surface area contributed by atoms with Gasteiger partial charge in [-0.3, -0.25) is 4.57 Å². The Hall–Kier alpha value is -2.99. The summed E-state index contributed by atoms with van der Waals surface area (Å²) < 4.78 is 6.99. The van der Waals surface area contributed by atoms with E-state index in [2.05, 4.69) is 28.3 Å². The molecule has 26 heavy (non-hydrogen) atoms. The number of pyridine rings is 1. The van der Waals surface area contributed by atoms with Gasteiger partial charge in [0.1, 0.15) is 18.8 Å². The number of aromatic nitrogens is 3. The number of hydrogen-bond acceptors (Lipinski definition) is 5. The summed E-state index contributed by atoms with van der Waals surface area (Å²) in [5, 5.41) is 3.45. The summed E-state index contributed by atoms with van der Waals surface area (Å²) in [5.74, 6) is 0.649. The number of esters is 1. The van der Waals surface area contributed by atoms with Gasteiger partial charge < -0.3 is 10.1 Å². The first-order chi connectivity index (χ1) is 12.7. The average molecular weight is 348 g/mol. The molecule has 0 radical (unpaired) electrons. The van der Waals surface area contributed by atoms with Crippen LogP contribution in [0.5, 0.6) is 0 Å². The van der Waals surface area contributed by atoms with Crippen LogP contribution in [0.25, 0.3) is 5.82 Å². The van der Waals surface area contributed by atoms with E-state index >= 15 is 0 Å². The van der Waals surface area contributed by atoms with Gasteiger partial charge in [-0.1, -0.05) is 12.1 Å². The lowest BCUT2D eigenvalue weighted by Gasteiger charge is -2.10. The quantitative estimate of drug-likeness (QED) is 0.548. The Labute approximate surface area is 151 Å². The molecular weight excluding hydrogens is 328 g/mol. The zero-order chi connectivity index (χ0) is 17.9. The molecule has 1 aliphatic heterocycles. The molecule has 0 spiro atoms. The second kappa shape index (κ2) is 7.09. The summed E-state index contributed by atoms with van der Waals surface area (Å²) in [7, 11) is 0. The molecule has 6 nitrogen and oxygen atoms in total. The molecule has 132 valence electrons. The fourth-order valence-electron chi connectivity index (χ4n) is 3.19. The first kappa shape index (κ1) is 16.5. The smallest absolute Gasteiger partial charge is 0.338 e. The highest BCUT2D eigenvalue weighted by atomic mass is 16.5. The maximum Gasteiger partial charge on any atom is 0.338 e. The molecule has 1 aromatic carbocycles. The Balaban J connectivity index is 1.31. The van der Waals surface area contributed by atoms with Gasteiger partial charge in [-0.2, -0.15) is 0 Å². The molecule has 2 aromatic heterocycles. The molecule has 0 aliphatic carbocycles. The molecule has 6 heteroatoms. The molecular formula is C20H20N4O2. The van der Waals surface area contributed by atoms with Crippen molar-refractivity contribution in [3.05, 3.63) is 77.0 Å². The molecule has 0 unspecified atom stereocenters. The third-order valence-electron chi connectivity index (χ3n) is 4.76. The molecule has 0 saturated carbocycles. The van der Waals surface area contributed by atoms with Crippen LogP contribution in [0.2, 0.25) is 0 Å². The van der Waals surface area contributed by atoms with Crippen LogP contribution in [0.15, 0.2) is 49.2 Å². The molecule has 1 aliphatic rings. The van der Waals surface area contributed by atoms with Crippen LogP contribution in [-0.4, -0.2) is 27.0 Å². The topological polar surface area (TPSA) is 69.0 Å². The lowest BCUT2D eigenvalue weighted by molar-refractivity contribution is 0.0535. The zero-order valence-electron chi connectivity index (χ0n) is 14.6. The third kappa shape index (κ3) is 3.23. The number of imidazole rings is 1. The fourth-order valence-corrected chi connectivity index (χ4v) is 3.19. The van der Waals surface area contributed by atoms with Crippen molar-refractivity contribution in [3.63, 3.8) is 0 Å². The Morgan fingerprint density at radius 1 is 1.27 bits per heavy atom. The Kier molecular flexibility index (Phi) is 4.50. The molecule has 0 fully saturated rings. The van der Waals surface area contributed by atoms with Crippen LogP contribution in [0.1, 0.15) is 32.6 Å². The first-order valence-electron chi connectivity index (χ1n) is 8.65. The molecule has 1 N–H and O–H groups in total. The van der Waals surface area contributed by atoms with Crippen molar-refractivity contribution in [1.82, 2.24) is 19.9 Å². The highest BCUT2D eigenvalue weighted by Crippen LogP contribution is 2.25. The summed E-state index contributed by atoms with van der Waals surface area (Å²) in [6.45, 7) is 4.09. The summed E-state index contributed by atoms with van der Waals surface area (Å²) in [5.41, 5.74) is 5.30. The number of rotatable bonds is 6. The van der Waals surface area contributed by atoms with E-state index in [1.165, 1.54) is 11.1 Å². The number of hydrogen-bond donors (Lipinski definition) is 1. The molecule has 0 amide bonds. The van der Waals surface area contributed by atoms with E-state index < -0.39 is 0 Å². The molecule has 0 atom stereocenters. The van der Waals surface area contributed by atoms with E-state index in [1.807, 2.05) is 35.2 Å². The van der Waals surface area contributed by atoms with Gasteiger partial charge in [0.15, 0.2) is 0 Å². The van der Waals surface area contributed by atoms with Gasteiger partial charge in [0.05, 0.1) is 5.56 Å². The van der Waals surface area contributed by atoms with Crippen molar-refractivity contribution in [2.45, 2.75) is 26.5 Å². The standard InChI is InChI=1S/C20H20N4O2/c1-14-16(3-4-17-18(14)12-26-20(17)25)6-7-21-10-15-2-5-19(23-11-15)24-9-8-22-13-24/h2-5,8-9,11,13,21H,6-7,10,12H2,1H3. The predicted molar refractivity (Wildman–Crippen MR) is 97.1 cm³/mol. The van der Waals surface area contributed by atoms with Crippen LogP contribution >= 0.6 is 0 Å². The normalized spacial score (nSPS) is 12.9. The molecule has 0 bridgehead atoms. The SMILES string of the molecule is Cc1c(CCNCc2ccc(-n3ccnc3)nc2)ccc2c1COC2=O. The zero-order valence-corrected chi connectivity index (χ0v) is 14.6. The maximum atomic E-state index is 11.6. The summed E-state index contributed by atoms with van der Waals surface area (Å²) >= 11 is 0. The van der Waals surface area contributed by atoms with E-state index in [0.29, 0.717) is 12.2 Å². The minimum Gasteiger partial charge on any atom is -0.457 e. The van der Waals surface area contributed by atoms with E-state index in [1.54, 1.807) is 12.5 Å². The molecule has 4 rings (SSSR count). The predicted octanol–water partition coefficient (Wildman–Crippen LogP) is 2.58. The van der Waals surface area contributed by atoms with Gasteiger partial charge in [0.25, 0.3) is 0 Å². The highest BCUT2D eigenvalue weighted by Gasteiger charge is 2.23. The Morgan fingerprint density at radius 3 is 2.96 bits per heavy atom. The van der Waals surface area contributed by atoms with Crippen molar-refractivity contribution in [3.8, 4) is 5.82 Å². The number of carbonyl (C=O) groups excluding carboxylic acids is 1. The fraction of sp³-hybridized carbons (Fsp3) is 0.250. The second-order valence-electron chi connectivity index (χ2n) is 6.37. The third-order valence-corrected chi connectivity index (χ3v) is 4.76. The second-order valence-corrected chi connectivity index (χ2v) is 6.37. The molecule has 0 saturated heterocycles. The van der Waals surface area contributed by atoms with Gasteiger partial charge in [-0.25, -0.2) is 14.8 Å². The minimum atomic E-state index is -0.209. The van der Waals surface area contributed by atoms with Crippen LogP contribution in [0, 0.1) is 6.92 Å². The summed E-state index contributed by atoms with van der Waals surface area (Å²) in [6, 6.07) is 7.97. The van der Waals surface area contributed by atoms with E-state index in [9.17, 15) is 4.79 Å². The monoisotopic (exact) mass is 348 g/mol. The van der Waals surface area contributed by atoms with Crippen molar-refractivity contribution < 1.29 is 9.53 Å². The lowest BCUT2D eigenvalue weighted by Crippen LogP contribution is -2.17. The van der Waals surface area contributed by atoms with Gasteiger partial charge in [0, 0.05) is 30.7 Å². The summed E-state index contributed by atoms with van der Waals surface area (Å²) in [6.07, 6.45) is 8.13. The van der Waals surface area contributed by atoms with Crippen LogP contribution < -0.4 is 5.32 Å². The van der Waals surface area contributed by atoms with E-state index in [0.717, 1.165) is 36.5 Å². The minimum absolute atomic E-state index is 0.209.